The van der Waals surface area contributed by atoms with Crippen LogP contribution in [-0.4, -0.2) is 31.7 Å². The Morgan fingerprint density at radius 3 is 2.56 bits per heavy atom. The second kappa shape index (κ2) is 6.55. The lowest BCUT2D eigenvalue weighted by atomic mass is 10.1. The van der Waals surface area contributed by atoms with Crippen molar-refractivity contribution in [1.29, 1.82) is 0 Å². The molecule has 2 aliphatic rings. The summed E-state index contributed by atoms with van der Waals surface area (Å²) >= 11 is 0. The van der Waals surface area contributed by atoms with Gasteiger partial charge in [0.15, 0.2) is 6.29 Å². The summed E-state index contributed by atoms with van der Waals surface area (Å²) in [5, 5.41) is 3.49. The Bertz CT molecular complexity index is 195. The van der Waals surface area contributed by atoms with E-state index < -0.39 is 0 Å². The standard InChI is InChI=1S/C12H24N2O2/c13-11-5-2-1-4-10(14-11)6-7-12-15-8-3-9-16-12/h10-12,14H,1-9,13H2. The molecule has 2 saturated heterocycles. The first-order chi connectivity index (χ1) is 7.84. The fourth-order valence-electron chi connectivity index (χ4n) is 2.49. The predicted molar refractivity (Wildman–Crippen MR) is 62.9 cm³/mol. The van der Waals surface area contributed by atoms with E-state index in [-0.39, 0.29) is 12.5 Å². The van der Waals surface area contributed by atoms with E-state index in [0.29, 0.717) is 6.04 Å². The van der Waals surface area contributed by atoms with Gasteiger partial charge in [0.1, 0.15) is 0 Å². The number of nitrogens with one attached hydrogen (secondary N) is 1. The van der Waals surface area contributed by atoms with Gasteiger partial charge in [0.05, 0.1) is 19.4 Å². The molecule has 0 aromatic heterocycles. The zero-order valence-corrected chi connectivity index (χ0v) is 9.99. The number of nitrogens with two attached hydrogens (primary N) is 1. The molecule has 2 rings (SSSR count). The van der Waals surface area contributed by atoms with Gasteiger partial charge in [-0.2, -0.15) is 0 Å². The van der Waals surface area contributed by atoms with Gasteiger partial charge in [-0.3, -0.25) is 5.32 Å². The maximum absolute atomic E-state index is 5.96. The molecule has 0 radical (unpaired) electrons. The molecular weight excluding hydrogens is 204 g/mol. The van der Waals surface area contributed by atoms with E-state index in [1.165, 1.54) is 19.3 Å². The summed E-state index contributed by atoms with van der Waals surface area (Å²) < 4.78 is 11.1. The van der Waals surface area contributed by atoms with E-state index in [9.17, 15) is 0 Å². The molecule has 4 heteroatoms. The number of rotatable bonds is 3. The predicted octanol–water partition coefficient (Wildman–Crippen LogP) is 1.35. The lowest BCUT2D eigenvalue weighted by Gasteiger charge is -2.26. The van der Waals surface area contributed by atoms with Crippen molar-refractivity contribution in [1.82, 2.24) is 5.32 Å². The highest BCUT2D eigenvalue weighted by Gasteiger charge is 2.20. The topological polar surface area (TPSA) is 56.5 Å². The van der Waals surface area contributed by atoms with Gasteiger partial charge in [-0.25, -0.2) is 0 Å². The highest BCUT2D eigenvalue weighted by atomic mass is 16.7. The van der Waals surface area contributed by atoms with Crippen LogP contribution in [0.3, 0.4) is 0 Å². The summed E-state index contributed by atoms with van der Waals surface area (Å²) in [5.74, 6) is 0. The molecule has 2 unspecified atom stereocenters. The largest absolute Gasteiger partial charge is 0.353 e. The fourth-order valence-corrected chi connectivity index (χ4v) is 2.49. The molecule has 0 bridgehead atoms. The minimum Gasteiger partial charge on any atom is -0.353 e. The summed E-state index contributed by atoms with van der Waals surface area (Å²) in [6, 6.07) is 0.548. The first kappa shape index (κ1) is 12.3. The summed E-state index contributed by atoms with van der Waals surface area (Å²) in [5.41, 5.74) is 5.96. The lowest BCUT2D eigenvalue weighted by molar-refractivity contribution is -0.182. The number of hydrogen-bond donors (Lipinski definition) is 2. The summed E-state index contributed by atoms with van der Waals surface area (Å²) in [6.07, 6.45) is 8.22. The first-order valence-electron chi connectivity index (χ1n) is 6.59. The molecule has 0 aromatic carbocycles. The van der Waals surface area contributed by atoms with Crippen LogP contribution in [0.5, 0.6) is 0 Å². The molecule has 0 saturated carbocycles. The monoisotopic (exact) mass is 228 g/mol. The van der Waals surface area contributed by atoms with Gasteiger partial charge in [-0.15, -0.1) is 0 Å². The Hall–Kier alpha value is -0.160. The molecule has 4 nitrogen and oxygen atoms in total. The van der Waals surface area contributed by atoms with Crippen molar-refractivity contribution in [2.24, 2.45) is 5.73 Å². The van der Waals surface area contributed by atoms with Crippen LogP contribution in [0.4, 0.5) is 0 Å². The van der Waals surface area contributed by atoms with E-state index >= 15 is 0 Å². The minimum absolute atomic E-state index is 0.0232. The van der Waals surface area contributed by atoms with E-state index in [1.54, 1.807) is 0 Å². The van der Waals surface area contributed by atoms with Crippen molar-refractivity contribution in [3.63, 3.8) is 0 Å². The second-order valence-corrected chi connectivity index (χ2v) is 4.86. The average Bonchev–Trinajstić information content (AvgIpc) is 2.52. The smallest absolute Gasteiger partial charge is 0.157 e. The molecule has 0 aromatic rings. The van der Waals surface area contributed by atoms with Crippen LogP contribution in [0.25, 0.3) is 0 Å². The highest BCUT2D eigenvalue weighted by molar-refractivity contribution is 4.75. The summed E-state index contributed by atoms with van der Waals surface area (Å²) in [7, 11) is 0. The van der Waals surface area contributed by atoms with Crippen molar-refractivity contribution < 1.29 is 9.47 Å². The molecule has 2 fully saturated rings. The zero-order valence-electron chi connectivity index (χ0n) is 9.99. The van der Waals surface area contributed by atoms with Crippen LogP contribution in [0, 0.1) is 0 Å². The van der Waals surface area contributed by atoms with Crippen LogP contribution in [0.1, 0.15) is 44.9 Å². The molecule has 3 N–H and O–H groups in total. The van der Waals surface area contributed by atoms with E-state index in [0.717, 1.165) is 38.9 Å². The molecule has 16 heavy (non-hydrogen) atoms. The molecule has 2 aliphatic heterocycles. The Balaban J connectivity index is 1.67. The van der Waals surface area contributed by atoms with Gasteiger partial charge in [0, 0.05) is 6.04 Å². The van der Waals surface area contributed by atoms with Crippen molar-refractivity contribution in [3.8, 4) is 0 Å². The fraction of sp³-hybridized carbons (Fsp3) is 1.00. The lowest BCUT2D eigenvalue weighted by Crippen LogP contribution is -2.43. The summed E-state index contributed by atoms with van der Waals surface area (Å²) in [6.45, 7) is 1.70. The van der Waals surface area contributed by atoms with Crippen LogP contribution in [0.15, 0.2) is 0 Å². The molecule has 0 amide bonds. The highest BCUT2D eigenvalue weighted by Crippen LogP contribution is 2.17. The third-order valence-corrected chi connectivity index (χ3v) is 3.41. The Morgan fingerprint density at radius 1 is 1.00 bits per heavy atom. The minimum atomic E-state index is 0.0232. The van der Waals surface area contributed by atoms with Crippen LogP contribution in [-0.2, 0) is 9.47 Å². The maximum Gasteiger partial charge on any atom is 0.157 e. The Morgan fingerprint density at radius 2 is 1.75 bits per heavy atom. The SMILES string of the molecule is NC1CCCCC(CCC2OCCCO2)N1. The van der Waals surface area contributed by atoms with Crippen molar-refractivity contribution in [3.05, 3.63) is 0 Å². The molecule has 0 spiro atoms. The first-order valence-corrected chi connectivity index (χ1v) is 6.59. The quantitative estimate of drug-likeness (QED) is 0.765. The average molecular weight is 228 g/mol. The molecule has 0 aliphatic carbocycles. The number of hydrogen-bond acceptors (Lipinski definition) is 4. The van der Waals surface area contributed by atoms with Gasteiger partial charge in [-0.1, -0.05) is 12.8 Å². The zero-order chi connectivity index (χ0) is 11.2. The molecule has 94 valence electrons. The van der Waals surface area contributed by atoms with Gasteiger partial charge in [0.2, 0.25) is 0 Å². The normalized spacial score (nSPS) is 33.6. The number of ether oxygens (including phenoxy) is 2. The second-order valence-electron chi connectivity index (χ2n) is 4.86. The Kier molecular flexibility index (Phi) is 5.03. The van der Waals surface area contributed by atoms with Crippen molar-refractivity contribution in [2.45, 2.75) is 63.4 Å². The third-order valence-electron chi connectivity index (χ3n) is 3.41. The van der Waals surface area contributed by atoms with Crippen molar-refractivity contribution >= 4 is 0 Å². The van der Waals surface area contributed by atoms with Crippen molar-refractivity contribution in [2.75, 3.05) is 13.2 Å². The van der Waals surface area contributed by atoms with E-state index in [4.69, 9.17) is 15.2 Å². The van der Waals surface area contributed by atoms with Gasteiger partial charge < -0.3 is 15.2 Å². The van der Waals surface area contributed by atoms with Gasteiger partial charge >= 0.3 is 0 Å². The Labute approximate surface area is 97.9 Å². The van der Waals surface area contributed by atoms with Crippen LogP contribution in [0.2, 0.25) is 0 Å². The molecule has 2 heterocycles. The van der Waals surface area contributed by atoms with E-state index in [2.05, 4.69) is 5.32 Å². The van der Waals surface area contributed by atoms with E-state index in [1.807, 2.05) is 0 Å². The van der Waals surface area contributed by atoms with Crippen LogP contribution >= 0.6 is 0 Å². The molecular formula is C12H24N2O2. The summed E-state index contributed by atoms with van der Waals surface area (Å²) in [4.78, 5) is 0. The van der Waals surface area contributed by atoms with Crippen LogP contribution < -0.4 is 11.1 Å². The third kappa shape index (κ3) is 4.01. The maximum atomic E-state index is 5.96. The van der Waals surface area contributed by atoms with Gasteiger partial charge in [-0.05, 0) is 32.1 Å². The van der Waals surface area contributed by atoms with Gasteiger partial charge in [0.25, 0.3) is 0 Å². The molecule has 2 atom stereocenters.